The van der Waals surface area contributed by atoms with E-state index in [0.29, 0.717) is 12.3 Å². The Balaban J connectivity index is 2.64. The first-order valence-corrected chi connectivity index (χ1v) is 6.23. The SMILES string of the molecule is C=CCC(CC=C)CCCn1c(=O)[nH]c(=O)[nH]c1=O. The van der Waals surface area contributed by atoms with Gasteiger partial charge in [-0.1, -0.05) is 12.2 Å². The Bertz CT molecular complexity index is 550. The maximum absolute atomic E-state index is 11.4. The number of H-pyrrole nitrogens is 2. The van der Waals surface area contributed by atoms with E-state index in [1.54, 1.807) is 0 Å². The summed E-state index contributed by atoms with van der Waals surface area (Å²) in [7, 11) is 0. The maximum Gasteiger partial charge on any atom is 0.333 e. The van der Waals surface area contributed by atoms with Crippen LogP contribution in [0.15, 0.2) is 39.7 Å². The van der Waals surface area contributed by atoms with Crippen molar-refractivity contribution in [3.63, 3.8) is 0 Å². The van der Waals surface area contributed by atoms with E-state index < -0.39 is 17.1 Å². The molecule has 0 fully saturated rings. The van der Waals surface area contributed by atoms with E-state index >= 15 is 0 Å². The molecule has 0 aromatic carbocycles. The highest BCUT2D eigenvalue weighted by atomic mass is 16.2. The number of hydrogen-bond acceptors (Lipinski definition) is 3. The van der Waals surface area contributed by atoms with E-state index in [0.717, 1.165) is 23.8 Å². The van der Waals surface area contributed by atoms with Crippen LogP contribution >= 0.6 is 0 Å². The molecule has 19 heavy (non-hydrogen) atoms. The Kier molecular flexibility index (Phi) is 5.78. The smallest absolute Gasteiger partial charge is 0.259 e. The molecular formula is C13H19N3O3. The number of nitrogens with zero attached hydrogens (tertiary/aromatic N) is 1. The molecule has 0 unspecified atom stereocenters. The normalized spacial score (nSPS) is 10.6. The second kappa shape index (κ2) is 7.35. The van der Waals surface area contributed by atoms with Gasteiger partial charge >= 0.3 is 17.1 Å². The second-order valence-corrected chi connectivity index (χ2v) is 4.40. The lowest BCUT2D eigenvalue weighted by Gasteiger charge is -2.12. The van der Waals surface area contributed by atoms with Gasteiger partial charge in [0.25, 0.3) is 0 Å². The average Bonchev–Trinajstić information content (AvgIpc) is 2.32. The fourth-order valence-corrected chi connectivity index (χ4v) is 2.00. The van der Waals surface area contributed by atoms with Crippen molar-refractivity contribution in [2.75, 3.05) is 0 Å². The van der Waals surface area contributed by atoms with Crippen LogP contribution in [-0.2, 0) is 6.54 Å². The monoisotopic (exact) mass is 265 g/mol. The Labute approximate surface area is 110 Å². The van der Waals surface area contributed by atoms with Crippen molar-refractivity contribution in [2.24, 2.45) is 5.92 Å². The van der Waals surface area contributed by atoms with Gasteiger partial charge in [-0.15, -0.1) is 13.2 Å². The predicted molar refractivity (Wildman–Crippen MR) is 74.3 cm³/mol. The number of nitrogens with one attached hydrogen (secondary N) is 2. The van der Waals surface area contributed by atoms with Crippen LogP contribution in [0.2, 0.25) is 0 Å². The summed E-state index contributed by atoms with van der Waals surface area (Å²) in [6.07, 6.45) is 7.01. The van der Waals surface area contributed by atoms with Crippen LogP contribution in [0.4, 0.5) is 0 Å². The van der Waals surface area contributed by atoms with Crippen LogP contribution in [0.5, 0.6) is 0 Å². The molecule has 0 aliphatic rings. The number of allylic oxidation sites excluding steroid dienone is 2. The molecule has 1 heterocycles. The fraction of sp³-hybridized carbons (Fsp3) is 0.462. The molecule has 6 nitrogen and oxygen atoms in total. The quantitative estimate of drug-likeness (QED) is 0.681. The van der Waals surface area contributed by atoms with Crippen LogP contribution in [0.1, 0.15) is 25.7 Å². The van der Waals surface area contributed by atoms with Crippen molar-refractivity contribution >= 4 is 0 Å². The van der Waals surface area contributed by atoms with Crippen LogP contribution in [0, 0.1) is 5.92 Å². The first-order chi connectivity index (χ1) is 9.08. The lowest BCUT2D eigenvalue weighted by Crippen LogP contribution is -2.43. The molecule has 0 aliphatic carbocycles. The van der Waals surface area contributed by atoms with Gasteiger partial charge < -0.3 is 0 Å². The molecule has 0 saturated heterocycles. The molecule has 0 atom stereocenters. The average molecular weight is 265 g/mol. The molecule has 0 spiro atoms. The number of rotatable bonds is 8. The van der Waals surface area contributed by atoms with Crippen molar-refractivity contribution in [1.29, 1.82) is 0 Å². The summed E-state index contributed by atoms with van der Waals surface area (Å²) in [6.45, 7) is 7.69. The van der Waals surface area contributed by atoms with Crippen molar-refractivity contribution in [1.82, 2.24) is 14.5 Å². The minimum Gasteiger partial charge on any atom is -0.259 e. The van der Waals surface area contributed by atoms with E-state index in [1.807, 2.05) is 22.1 Å². The van der Waals surface area contributed by atoms with E-state index in [9.17, 15) is 14.4 Å². The zero-order valence-corrected chi connectivity index (χ0v) is 10.9. The Morgan fingerprint density at radius 3 is 2.05 bits per heavy atom. The molecule has 0 radical (unpaired) electrons. The zero-order chi connectivity index (χ0) is 14.3. The maximum atomic E-state index is 11.4. The molecular weight excluding hydrogens is 246 g/mol. The molecule has 1 rings (SSSR count). The summed E-state index contributed by atoms with van der Waals surface area (Å²) < 4.78 is 1.00. The third-order valence-corrected chi connectivity index (χ3v) is 2.93. The van der Waals surface area contributed by atoms with E-state index in [1.165, 1.54) is 0 Å². The highest BCUT2D eigenvalue weighted by molar-refractivity contribution is 4.79. The molecule has 6 heteroatoms. The van der Waals surface area contributed by atoms with E-state index in [4.69, 9.17) is 0 Å². The van der Waals surface area contributed by atoms with Crippen molar-refractivity contribution in [3.8, 4) is 0 Å². The van der Waals surface area contributed by atoms with Gasteiger partial charge in [-0.25, -0.2) is 19.0 Å². The highest BCUT2D eigenvalue weighted by Gasteiger charge is 2.07. The lowest BCUT2D eigenvalue weighted by molar-refractivity contribution is 0.442. The van der Waals surface area contributed by atoms with E-state index in [-0.39, 0.29) is 6.54 Å². The predicted octanol–water partition coefficient (Wildman–Crippen LogP) is 0.773. The summed E-state index contributed by atoms with van der Waals surface area (Å²) in [5.41, 5.74) is -2.11. The Hall–Kier alpha value is -2.11. The minimum atomic E-state index is -0.776. The van der Waals surface area contributed by atoms with Crippen LogP contribution in [0.25, 0.3) is 0 Å². The molecule has 104 valence electrons. The van der Waals surface area contributed by atoms with Crippen LogP contribution in [-0.4, -0.2) is 14.5 Å². The third-order valence-electron chi connectivity index (χ3n) is 2.93. The molecule has 0 amide bonds. The van der Waals surface area contributed by atoms with E-state index in [2.05, 4.69) is 13.2 Å². The minimum absolute atomic E-state index is 0.287. The number of aromatic amines is 2. The number of hydrogen-bond donors (Lipinski definition) is 2. The topological polar surface area (TPSA) is 87.7 Å². The van der Waals surface area contributed by atoms with Gasteiger partial charge in [0.05, 0.1) is 0 Å². The highest BCUT2D eigenvalue weighted by Crippen LogP contribution is 2.16. The third kappa shape index (κ3) is 4.57. The van der Waals surface area contributed by atoms with Gasteiger partial charge in [-0.2, -0.15) is 0 Å². The Morgan fingerprint density at radius 2 is 1.58 bits per heavy atom. The first-order valence-electron chi connectivity index (χ1n) is 6.23. The summed E-state index contributed by atoms with van der Waals surface area (Å²) in [4.78, 5) is 37.8. The zero-order valence-electron chi connectivity index (χ0n) is 10.9. The molecule has 0 aliphatic heterocycles. The van der Waals surface area contributed by atoms with Gasteiger partial charge in [0.1, 0.15) is 0 Å². The largest absolute Gasteiger partial charge is 0.333 e. The van der Waals surface area contributed by atoms with Crippen LogP contribution < -0.4 is 17.1 Å². The van der Waals surface area contributed by atoms with Gasteiger partial charge in [-0.3, -0.25) is 9.97 Å². The molecule has 1 aromatic rings. The number of aromatic nitrogens is 3. The fourth-order valence-electron chi connectivity index (χ4n) is 2.00. The van der Waals surface area contributed by atoms with Crippen molar-refractivity contribution in [3.05, 3.63) is 56.8 Å². The first kappa shape index (κ1) is 14.9. The van der Waals surface area contributed by atoms with Gasteiger partial charge in [0.2, 0.25) is 0 Å². The standard InChI is InChI=1S/C13H19N3O3/c1-3-6-10(7-4-2)8-5-9-16-12(18)14-11(17)15-13(16)19/h3-4,10H,1-2,5-9H2,(H2,14,15,17,18,19). The summed E-state index contributed by atoms with van der Waals surface area (Å²) in [5.74, 6) is 0.424. The summed E-state index contributed by atoms with van der Waals surface area (Å²) >= 11 is 0. The molecule has 0 saturated carbocycles. The van der Waals surface area contributed by atoms with Gasteiger partial charge in [0.15, 0.2) is 0 Å². The molecule has 2 N–H and O–H groups in total. The van der Waals surface area contributed by atoms with Crippen LogP contribution in [0.3, 0.4) is 0 Å². The summed E-state index contributed by atoms with van der Waals surface area (Å²) in [5, 5.41) is 0. The second-order valence-electron chi connectivity index (χ2n) is 4.40. The van der Waals surface area contributed by atoms with Gasteiger partial charge in [0, 0.05) is 6.54 Å². The van der Waals surface area contributed by atoms with Crippen molar-refractivity contribution in [2.45, 2.75) is 32.2 Å². The Morgan fingerprint density at radius 1 is 1.05 bits per heavy atom. The van der Waals surface area contributed by atoms with Crippen molar-refractivity contribution < 1.29 is 0 Å². The lowest BCUT2D eigenvalue weighted by atomic mass is 9.96. The molecule has 1 aromatic heterocycles. The van der Waals surface area contributed by atoms with Gasteiger partial charge in [-0.05, 0) is 31.6 Å². The summed E-state index contributed by atoms with van der Waals surface area (Å²) in [6, 6.07) is 0. The molecule has 0 bridgehead atoms.